The minimum Gasteiger partial charge on any atom is -0.508 e. The van der Waals surface area contributed by atoms with E-state index in [1.807, 2.05) is 0 Å². The van der Waals surface area contributed by atoms with Gasteiger partial charge in [-0.2, -0.15) is 0 Å². The molecule has 0 saturated heterocycles. The van der Waals surface area contributed by atoms with Gasteiger partial charge in [-0.05, 0) is 18.1 Å². The highest BCUT2D eigenvalue weighted by Gasteiger charge is 2.52. The lowest BCUT2D eigenvalue weighted by Gasteiger charge is -2.33. The zero-order valence-corrected chi connectivity index (χ0v) is 13.4. The molecule has 0 spiro atoms. The maximum Gasteiger partial charge on any atom is 0.162 e. The van der Waals surface area contributed by atoms with Crippen LogP contribution in [0.15, 0.2) is 24.3 Å². The summed E-state index contributed by atoms with van der Waals surface area (Å²) in [5.74, 6) is -4.54. The largest absolute Gasteiger partial charge is 0.508 e. The Morgan fingerprint density at radius 3 is 1.80 bits per heavy atom. The Bertz CT molecular complexity index is 889. The van der Waals surface area contributed by atoms with Crippen LogP contribution in [0.1, 0.15) is 35.4 Å². The van der Waals surface area contributed by atoms with Crippen molar-refractivity contribution in [2.45, 2.75) is 25.2 Å². The van der Waals surface area contributed by atoms with Gasteiger partial charge in [0, 0.05) is 23.3 Å². The van der Waals surface area contributed by atoms with Gasteiger partial charge in [0.25, 0.3) is 0 Å². The second-order valence-corrected chi connectivity index (χ2v) is 6.03. The van der Waals surface area contributed by atoms with E-state index in [2.05, 4.69) is 0 Å². The van der Waals surface area contributed by atoms with Crippen LogP contribution in [0, 0.1) is 0 Å². The normalized spacial score (nSPS) is 19.7. The fourth-order valence-corrected chi connectivity index (χ4v) is 3.13. The Kier molecular flexibility index (Phi) is 3.95. The van der Waals surface area contributed by atoms with Crippen molar-refractivity contribution in [1.29, 1.82) is 0 Å². The minimum absolute atomic E-state index is 0.0236. The SMILES string of the molecule is [B]c1cc(C2C(=O)C(c3cc(CC)c(O)cc3O)C2=O)c(O)cc1O. The zero-order chi connectivity index (χ0) is 18.5. The number of aryl methyl sites for hydroxylation is 1. The number of rotatable bonds is 3. The Labute approximate surface area is 144 Å². The molecule has 2 radical (unpaired) electrons. The smallest absolute Gasteiger partial charge is 0.162 e. The molecule has 0 unspecified atom stereocenters. The molecule has 0 aliphatic heterocycles. The number of aromatic hydroxyl groups is 4. The molecule has 0 bridgehead atoms. The maximum atomic E-state index is 12.5. The number of Topliss-reactive ketones (excluding diaryl/α,β-unsaturated/α-hetero) is 2. The van der Waals surface area contributed by atoms with E-state index in [9.17, 15) is 30.0 Å². The van der Waals surface area contributed by atoms with Crippen molar-refractivity contribution in [3.8, 4) is 23.0 Å². The molecule has 0 aromatic heterocycles. The average molecular weight is 338 g/mol. The molecule has 1 aliphatic carbocycles. The summed E-state index contributed by atoms with van der Waals surface area (Å²) in [6.45, 7) is 1.79. The van der Waals surface area contributed by atoms with Crippen molar-refractivity contribution in [2.24, 2.45) is 0 Å². The molecule has 7 heteroatoms. The Morgan fingerprint density at radius 1 is 0.800 bits per heavy atom. The first-order chi connectivity index (χ1) is 11.8. The summed E-state index contributed by atoms with van der Waals surface area (Å²) >= 11 is 0. The van der Waals surface area contributed by atoms with E-state index in [1.165, 1.54) is 12.1 Å². The lowest BCUT2D eigenvalue weighted by atomic mass is 9.65. The van der Waals surface area contributed by atoms with Crippen LogP contribution < -0.4 is 5.46 Å². The first kappa shape index (κ1) is 16.9. The van der Waals surface area contributed by atoms with Gasteiger partial charge in [0.2, 0.25) is 0 Å². The van der Waals surface area contributed by atoms with Crippen LogP contribution in [0.4, 0.5) is 0 Å². The minimum atomic E-state index is -1.20. The predicted molar refractivity (Wildman–Crippen MR) is 89.8 cm³/mol. The summed E-state index contributed by atoms with van der Waals surface area (Å²) in [5.41, 5.74) is 0.605. The van der Waals surface area contributed by atoms with Gasteiger partial charge in [-0.25, -0.2) is 0 Å². The molecule has 0 amide bonds. The van der Waals surface area contributed by atoms with E-state index in [4.69, 9.17) is 7.85 Å². The van der Waals surface area contributed by atoms with Crippen molar-refractivity contribution >= 4 is 24.9 Å². The summed E-state index contributed by atoms with van der Waals surface area (Å²) in [6, 6.07) is 4.71. The van der Waals surface area contributed by atoms with E-state index in [0.717, 1.165) is 12.1 Å². The standard InChI is InChI=1S/C18H15BO6/c1-2-7-3-8(12(21)5-11(7)20)15-17(24)16(18(15)25)9-4-10(19)14(23)6-13(9)22/h3-6,15-16,20-23H,2H2,1H3. The highest BCUT2D eigenvalue weighted by Crippen LogP contribution is 2.47. The van der Waals surface area contributed by atoms with Gasteiger partial charge in [0.05, 0.1) is 0 Å². The third-order valence-electron chi connectivity index (χ3n) is 4.54. The molecule has 1 aliphatic rings. The van der Waals surface area contributed by atoms with Gasteiger partial charge >= 0.3 is 0 Å². The summed E-state index contributed by atoms with van der Waals surface area (Å²) in [4.78, 5) is 25.1. The van der Waals surface area contributed by atoms with E-state index in [0.29, 0.717) is 12.0 Å². The lowest BCUT2D eigenvalue weighted by molar-refractivity contribution is -0.142. The molecule has 4 N–H and O–H groups in total. The quantitative estimate of drug-likeness (QED) is 0.488. The van der Waals surface area contributed by atoms with Crippen molar-refractivity contribution in [3.63, 3.8) is 0 Å². The Morgan fingerprint density at radius 2 is 1.28 bits per heavy atom. The predicted octanol–water partition coefficient (Wildman–Crippen LogP) is 0.884. The molecular weight excluding hydrogens is 323 g/mol. The fraction of sp³-hybridized carbons (Fsp3) is 0.222. The number of carbonyl (C=O) groups excluding carboxylic acids is 2. The molecule has 2 aromatic carbocycles. The molecular formula is C18H15BO6. The van der Waals surface area contributed by atoms with Gasteiger partial charge in [-0.15, -0.1) is 0 Å². The van der Waals surface area contributed by atoms with Gasteiger partial charge < -0.3 is 20.4 Å². The molecule has 25 heavy (non-hydrogen) atoms. The van der Waals surface area contributed by atoms with Gasteiger partial charge in [-0.3, -0.25) is 9.59 Å². The van der Waals surface area contributed by atoms with Crippen LogP contribution in [0.2, 0.25) is 0 Å². The van der Waals surface area contributed by atoms with E-state index in [-0.39, 0.29) is 33.8 Å². The topological polar surface area (TPSA) is 115 Å². The number of phenols is 4. The van der Waals surface area contributed by atoms with E-state index < -0.39 is 29.2 Å². The van der Waals surface area contributed by atoms with Crippen LogP contribution in [-0.2, 0) is 16.0 Å². The number of hydrogen-bond acceptors (Lipinski definition) is 6. The number of benzene rings is 2. The van der Waals surface area contributed by atoms with E-state index in [1.54, 1.807) is 6.92 Å². The van der Waals surface area contributed by atoms with Crippen LogP contribution >= 0.6 is 0 Å². The number of hydrogen-bond donors (Lipinski definition) is 4. The first-order valence-corrected chi connectivity index (χ1v) is 7.69. The van der Waals surface area contributed by atoms with Gasteiger partial charge in [0.1, 0.15) is 42.7 Å². The lowest BCUT2D eigenvalue weighted by Crippen LogP contribution is -2.44. The highest BCUT2D eigenvalue weighted by molar-refractivity contribution is 6.35. The Hall–Kier alpha value is -2.96. The number of ketones is 2. The maximum absolute atomic E-state index is 12.5. The molecule has 2 aromatic rings. The summed E-state index contributed by atoms with van der Waals surface area (Å²) in [5, 5.41) is 39.1. The van der Waals surface area contributed by atoms with Crippen molar-refractivity contribution in [2.75, 3.05) is 0 Å². The molecule has 0 heterocycles. The van der Waals surface area contributed by atoms with Crippen molar-refractivity contribution in [3.05, 3.63) is 41.0 Å². The molecule has 126 valence electrons. The molecule has 0 atom stereocenters. The van der Waals surface area contributed by atoms with Gasteiger partial charge in [0.15, 0.2) is 11.6 Å². The van der Waals surface area contributed by atoms with Crippen molar-refractivity contribution in [1.82, 2.24) is 0 Å². The van der Waals surface area contributed by atoms with Crippen molar-refractivity contribution < 1.29 is 30.0 Å². The van der Waals surface area contributed by atoms with Crippen LogP contribution in [-0.4, -0.2) is 39.8 Å². The molecule has 1 fully saturated rings. The summed E-state index contributed by atoms with van der Waals surface area (Å²) in [6.07, 6.45) is 0.465. The monoisotopic (exact) mass is 338 g/mol. The third kappa shape index (κ3) is 2.52. The molecule has 3 rings (SSSR count). The zero-order valence-electron chi connectivity index (χ0n) is 13.4. The third-order valence-corrected chi connectivity index (χ3v) is 4.54. The van der Waals surface area contributed by atoms with Gasteiger partial charge in [-0.1, -0.05) is 18.5 Å². The van der Waals surface area contributed by atoms with Crippen LogP contribution in [0.3, 0.4) is 0 Å². The molecule has 1 saturated carbocycles. The second kappa shape index (κ2) is 5.84. The Balaban J connectivity index is 1.99. The fourth-order valence-electron chi connectivity index (χ4n) is 3.13. The highest BCUT2D eigenvalue weighted by atomic mass is 16.3. The molecule has 6 nitrogen and oxygen atoms in total. The summed E-state index contributed by atoms with van der Waals surface area (Å²) in [7, 11) is 5.57. The number of phenolic OH excluding ortho intramolecular Hbond substituents is 4. The number of carbonyl (C=O) groups is 2. The van der Waals surface area contributed by atoms with Crippen LogP contribution in [0.25, 0.3) is 0 Å². The average Bonchev–Trinajstić information content (AvgIpc) is 2.55. The van der Waals surface area contributed by atoms with Crippen LogP contribution in [0.5, 0.6) is 23.0 Å². The van der Waals surface area contributed by atoms with E-state index >= 15 is 0 Å². The second-order valence-electron chi connectivity index (χ2n) is 6.03. The summed E-state index contributed by atoms with van der Waals surface area (Å²) < 4.78 is 0. The first-order valence-electron chi connectivity index (χ1n) is 7.69.